The molecule has 0 saturated heterocycles. The quantitative estimate of drug-likeness (QED) is 0.0623. The fourth-order valence-electron chi connectivity index (χ4n) is 1.74. The van der Waals surface area contributed by atoms with Crippen molar-refractivity contribution in [1.29, 1.82) is 0 Å². The van der Waals surface area contributed by atoms with E-state index in [1.54, 1.807) is 0 Å². The standard InChI is InChI=1S/C14H28O3.2Na.H2O4S/c1-3-5-6-7-8-9-10-11-12-13-14-16-17-15-4-2;;;1-5(2,3)4/h4H,2-3,5-14H2,1H3;;;(H2,1,2,3,4)/q;2*+1;/p-2. The van der Waals surface area contributed by atoms with Gasteiger partial charge in [0.1, 0.15) is 6.26 Å². The van der Waals surface area contributed by atoms with Crippen molar-refractivity contribution < 1.29 is 91.5 Å². The van der Waals surface area contributed by atoms with E-state index in [4.69, 9.17) is 22.4 Å². The SMILES string of the molecule is C=COOOCCCCCCCCCCCC.O=S(=O)([O-])[O-].[Na+].[Na+]. The number of unbranched alkanes of at least 4 members (excludes halogenated alkanes) is 9. The van der Waals surface area contributed by atoms with Crippen LogP contribution >= 0.6 is 0 Å². The summed E-state index contributed by atoms with van der Waals surface area (Å²) < 4.78 is 34.1. The third-order valence-corrected chi connectivity index (χ3v) is 2.74. The molecule has 0 amide bonds. The zero-order valence-electron chi connectivity index (χ0n) is 15.3. The maximum Gasteiger partial charge on any atom is 1.00 e. The molecule has 7 nitrogen and oxygen atoms in total. The van der Waals surface area contributed by atoms with E-state index in [1.807, 2.05) is 0 Å². The summed E-state index contributed by atoms with van der Waals surface area (Å²) in [6.45, 7) is 6.17. The summed E-state index contributed by atoms with van der Waals surface area (Å²) in [6.07, 6.45) is 14.4. The Balaban J connectivity index is -0.000000250. The fourth-order valence-corrected chi connectivity index (χ4v) is 1.74. The van der Waals surface area contributed by atoms with Crippen molar-refractivity contribution in [2.75, 3.05) is 6.61 Å². The van der Waals surface area contributed by atoms with Crippen LogP contribution in [0.1, 0.15) is 71.1 Å². The molecule has 0 aromatic carbocycles. The van der Waals surface area contributed by atoms with Crippen LogP contribution in [0.3, 0.4) is 0 Å². The van der Waals surface area contributed by atoms with Crippen LogP contribution in [0.5, 0.6) is 0 Å². The average molecular weight is 386 g/mol. The molecule has 134 valence electrons. The van der Waals surface area contributed by atoms with Crippen LogP contribution in [0, 0.1) is 0 Å². The topological polar surface area (TPSA) is 108 Å². The van der Waals surface area contributed by atoms with Gasteiger partial charge in [0, 0.05) is 10.4 Å². The van der Waals surface area contributed by atoms with Crippen molar-refractivity contribution in [3.8, 4) is 0 Å². The van der Waals surface area contributed by atoms with Gasteiger partial charge in [-0.1, -0.05) is 71.3 Å². The second-order valence-corrected chi connectivity index (χ2v) is 5.56. The van der Waals surface area contributed by atoms with Gasteiger partial charge < -0.3 is 14.0 Å². The van der Waals surface area contributed by atoms with Crippen molar-refractivity contribution in [2.45, 2.75) is 71.1 Å². The first-order valence-electron chi connectivity index (χ1n) is 7.64. The van der Waals surface area contributed by atoms with E-state index in [0.29, 0.717) is 6.61 Å². The molecule has 0 radical (unpaired) electrons. The Labute approximate surface area is 190 Å². The van der Waals surface area contributed by atoms with Crippen molar-refractivity contribution in [2.24, 2.45) is 0 Å². The second-order valence-electron chi connectivity index (χ2n) is 4.74. The molecule has 0 aliphatic heterocycles. The van der Waals surface area contributed by atoms with Gasteiger partial charge in [-0.15, -0.1) is 0 Å². The molecule has 0 N–H and O–H groups in total. The summed E-state index contributed by atoms with van der Waals surface area (Å²) in [4.78, 5) is 9.12. The Hall–Kier alpha value is 1.33. The number of hydrogen-bond acceptors (Lipinski definition) is 7. The Kier molecular flexibility index (Phi) is 36.5. The van der Waals surface area contributed by atoms with E-state index in [2.05, 4.69) is 23.4 Å². The molecule has 0 saturated carbocycles. The predicted octanol–water partition coefficient (Wildman–Crippen LogP) is -2.40. The minimum absolute atomic E-state index is 0. The van der Waals surface area contributed by atoms with Gasteiger partial charge in [-0.3, -0.25) is 8.42 Å². The van der Waals surface area contributed by atoms with E-state index in [1.165, 1.54) is 64.0 Å². The zero-order chi connectivity index (χ0) is 17.1. The number of hydrogen-bond donors (Lipinski definition) is 0. The Bertz CT molecular complexity index is 319. The van der Waals surface area contributed by atoms with E-state index in [-0.39, 0.29) is 59.1 Å². The summed E-state index contributed by atoms with van der Waals surface area (Å²) >= 11 is 0. The minimum atomic E-state index is -5.17. The molecule has 0 aromatic heterocycles. The van der Waals surface area contributed by atoms with Gasteiger partial charge in [0.05, 0.1) is 6.61 Å². The second kappa shape index (κ2) is 26.6. The third kappa shape index (κ3) is 49.5. The van der Waals surface area contributed by atoms with Crippen LogP contribution in [0.2, 0.25) is 0 Å². The molecule has 24 heavy (non-hydrogen) atoms. The van der Waals surface area contributed by atoms with Crippen molar-refractivity contribution in [3.63, 3.8) is 0 Å². The zero-order valence-corrected chi connectivity index (χ0v) is 20.1. The van der Waals surface area contributed by atoms with Crippen LogP contribution in [-0.2, 0) is 25.2 Å². The largest absolute Gasteiger partial charge is 1.00 e. The summed E-state index contributed by atoms with van der Waals surface area (Å²) in [6, 6.07) is 0. The molecule has 10 heteroatoms. The van der Waals surface area contributed by atoms with E-state index >= 15 is 0 Å². The molecule has 0 fully saturated rings. The van der Waals surface area contributed by atoms with Crippen molar-refractivity contribution >= 4 is 10.4 Å². The van der Waals surface area contributed by atoms with Gasteiger partial charge >= 0.3 is 59.1 Å². The van der Waals surface area contributed by atoms with Crippen LogP contribution in [0.15, 0.2) is 12.8 Å². The third-order valence-electron chi connectivity index (χ3n) is 2.74. The summed E-state index contributed by atoms with van der Waals surface area (Å²) in [5.41, 5.74) is 0. The van der Waals surface area contributed by atoms with E-state index < -0.39 is 10.4 Å². The monoisotopic (exact) mass is 386 g/mol. The first kappa shape index (κ1) is 33.0. The smallest absolute Gasteiger partial charge is 0.759 e. The normalized spacial score (nSPS) is 9.79. The Morgan fingerprint density at radius 1 is 0.875 bits per heavy atom. The molecule has 0 unspecified atom stereocenters. The van der Waals surface area contributed by atoms with Gasteiger partial charge in [0.2, 0.25) is 0 Å². The van der Waals surface area contributed by atoms with Gasteiger partial charge in [-0.05, 0) is 11.5 Å². The van der Waals surface area contributed by atoms with E-state index in [9.17, 15) is 0 Å². The molecule has 0 heterocycles. The molecule has 0 atom stereocenters. The molecule has 0 rings (SSSR count). The average Bonchev–Trinajstić information content (AvgIpc) is 2.42. The maximum absolute atomic E-state index is 8.52. The summed E-state index contributed by atoms with van der Waals surface area (Å²) in [5.74, 6) is 0. The first-order chi connectivity index (χ1) is 10.4. The predicted molar refractivity (Wildman–Crippen MR) is 80.6 cm³/mol. The summed E-state index contributed by atoms with van der Waals surface area (Å²) in [7, 11) is -5.17. The van der Waals surface area contributed by atoms with Gasteiger partial charge in [-0.2, -0.15) is 4.89 Å². The summed E-state index contributed by atoms with van der Waals surface area (Å²) in [5, 5.41) is 4.35. The van der Waals surface area contributed by atoms with Crippen LogP contribution in [0.25, 0.3) is 0 Å². The Morgan fingerprint density at radius 2 is 1.25 bits per heavy atom. The van der Waals surface area contributed by atoms with Crippen LogP contribution in [-0.4, -0.2) is 24.1 Å². The van der Waals surface area contributed by atoms with Crippen LogP contribution in [0.4, 0.5) is 0 Å². The van der Waals surface area contributed by atoms with Crippen molar-refractivity contribution in [1.82, 2.24) is 0 Å². The fraction of sp³-hybridized carbons (Fsp3) is 0.857. The van der Waals surface area contributed by atoms with Crippen LogP contribution < -0.4 is 59.1 Å². The molecular formula is C14H28Na2O7S. The first-order valence-corrected chi connectivity index (χ1v) is 8.97. The minimum Gasteiger partial charge on any atom is -0.759 e. The van der Waals surface area contributed by atoms with E-state index in [0.717, 1.165) is 6.42 Å². The molecule has 0 aliphatic rings. The molecule has 0 aromatic rings. The van der Waals surface area contributed by atoms with Crippen molar-refractivity contribution in [3.05, 3.63) is 12.8 Å². The molecule has 0 bridgehead atoms. The van der Waals surface area contributed by atoms with Gasteiger partial charge in [-0.25, -0.2) is 0 Å². The maximum atomic E-state index is 8.52. The van der Waals surface area contributed by atoms with Gasteiger partial charge in [0.15, 0.2) is 0 Å². The van der Waals surface area contributed by atoms with Gasteiger partial charge in [0.25, 0.3) is 0 Å². The Morgan fingerprint density at radius 3 is 1.62 bits per heavy atom. The number of rotatable bonds is 14. The molecule has 0 aliphatic carbocycles. The molecule has 0 spiro atoms. The molecular weight excluding hydrogens is 358 g/mol.